The Bertz CT molecular complexity index is 392. The predicted octanol–water partition coefficient (Wildman–Crippen LogP) is 2.99. The summed E-state index contributed by atoms with van der Waals surface area (Å²) in [6, 6.07) is 8.31. The fourth-order valence-corrected chi connectivity index (χ4v) is 2.65. The van der Waals surface area contributed by atoms with Crippen LogP contribution in [0.1, 0.15) is 13.3 Å². The summed E-state index contributed by atoms with van der Waals surface area (Å²) in [5, 5.41) is 4.31. The quantitative estimate of drug-likeness (QED) is 0.857. The molecular weight excluding hydrogens is 220 g/mol. The highest BCUT2D eigenvalue weighted by molar-refractivity contribution is 8.14. The molecule has 16 heavy (non-hydrogen) atoms. The molecule has 0 saturated carbocycles. The lowest BCUT2D eigenvalue weighted by Crippen LogP contribution is -2.18. The molecule has 1 heterocycles. The summed E-state index contributed by atoms with van der Waals surface area (Å²) in [5.74, 6) is 1.98. The number of nitrogens with zero attached hydrogens (tertiary/aromatic N) is 1. The van der Waals surface area contributed by atoms with Gasteiger partial charge in [-0.25, -0.2) is 0 Å². The molecule has 1 aromatic rings. The highest BCUT2D eigenvalue weighted by Gasteiger charge is 2.12. The van der Waals surface area contributed by atoms with Crippen molar-refractivity contribution in [2.45, 2.75) is 19.4 Å². The standard InChI is InChI=1S/C12H16N2OS/c1-9-7-8-16-12(13-9)14-10-5-3-4-6-11(10)15-2/h3-6,9H,7-8H2,1-2H3,(H,13,14). The topological polar surface area (TPSA) is 33.6 Å². The van der Waals surface area contributed by atoms with E-state index in [0.717, 1.165) is 28.8 Å². The van der Waals surface area contributed by atoms with Crippen molar-refractivity contribution in [1.29, 1.82) is 0 Å². The molecule has 86 valence electrons. The van der Waals surface area contributed by atoms with Gasteiger partial charge >= 0.3 is 0 Å². The van der Waals surface area contributed by atoms with E-state index in [1.807, 2.05) is 24.3 Å². The second kappa shape index (κ2) is 5.25. The van der Waals surface area contributed by atoms with E-state index in [4.69, 9.17) is 4.74 Å². The Morgan fingerprint density at radius 3 is 3.00 bits per heavy atom. The molecule has 0 bridgehead atoms. The van der Waals surface area contributed by atoms with Gasteiger partial charge < -0.3 is 10.1 Å². The molecule has 1 N–H and O–H groups in total. The SMILES string of the molecule is COc1ccccc1NC1=NC(C)CCS1. The number of rotatable bonds is 2. The number of hydrogen-bond acceptors (Lipinski definition) is 4. The van der Waals surface area contributed by atoms with Crippen molar-refractivity contribution in [3.8, 4) is 5.75 Å². The number of aliphatic imine (C=N–C) groups is 1. The number of hydrogen-bond donors (Lipinski definition) is 1. The molecule has 0 aromatic heterocycles. The van der Waals surface area contributed by atoms with Crippen LogP contribution in [0.4, 0.5) is 5.69 Å². The fourth-order valence-electron chi connectivity index (χ4n) is 1.56. The van der Waals surface area contributed by atoms with Crippen LogP contribution >= 0.6 is 11.8 Å². The van der Waals surface area contributed by atoms with Crippen LogP contribution in [0, 0.1) is 0 Å². The molecular formula is C12H16N2OS. The maximum absolute atomic E-state index is 5.29. The van der Waals surface area contributed by atoms with E-state index in [1.54, 1.807) is 18.9 Å². The van der Waals surface area contributed by atoms with Crippen molar-refractivity contribution in [3.05, 3.63) is 24.3 Å². The van der Waals surface area contributed by atoms with Crippen LogP contribution in [0.5, 0.6) is 5.75 Å². The molecule has 1 atom stereocenters. The molecule has 0 saturated heterocycles. The van der Waals surface area contributed by atoms with Crippen LogP contribution in [0.15, 0.2) is 29.3 Å². The van der Waals surface area contributed by atoms with E-state index in [0.29, 0.717) is 6.04 Å². The van der Waals surface area contributed by atoms with Crippen LogP contribution < -0.4 is 10.1 Å². The molecule has 1 aromatic carbocycles. The molecule has 0 spiro atoms. The van der Waals surface area contributed by atoms with Gasteiger partial charge in [-0.05, 0) is 25.5 Å². The fraction of sp³-hybridized carbons (Fsp3) is 0.417. The number of ether oxygens (including phenoxy) is 1. The van der Waals surface area contributed by atoms with Crippen molar-refractivity contribution in [2.75, 3.05) is 18.2 Å². The second-order valence-electron chi connectivity index (χ2n) is 3.75. The van der Waals surface area contributed by atoms with Gasteiger partial charge in [0.15, 0.2) is 5.17 Å². The third-order valence-corrected chi connectivity index (χ3v) is 3.38. The van der Waals surface area contributed by atoms with Crippen LogP contribution in [-0.2, 0) is 0 Å². The van der Waals surface area contributed by atoms with Gasteiger partial charge in [-0.15, -0.1) is 0 Å². The Morgan fingerprint density at radius 1 is 1.44 bits per heavy atom. The summed E-state index contributed by atoms with van der Waals surface area (Å²) in [6.07, 6.45) is 1.15. The maximum atomic E-state index is 5.29. The average molecular weight is 236 g/mol. The first-order valence-electron chi connectivity index (χ1n) is 5.40. The van der Waals surface area contributed by atoms with E-state index in [1.165, 1.54) is 0 Å². The van der Waals surface area contributed by atoms with Crippen molar-refractivity contribution >= 4 is 22.6 Å². The second-order valence-corrected chi connectivity index (χ2v) is 4.83. The molecule has 1 aliphatic heterocycles. The van der Waals surface area contributed by atoms with Gasteiger partial charge in [0.1, 0.15) is 5.75 Å². The smallest absolute Gasteiger partial charge is 0.161 e. The van der Waals surface area contributed by atoms with Crippen LogP contribution in [-0.4, -0.2) is 24.1 Å². The van der Waals surface area contributed by atoms with Crippen molar-refractivity contribution in [1.82, 2.24) is 0 Å². The molecule has 0 fully saturated rings. The molecule has 1 aliphatic rings. The number of nitrogens with one attached hydrogen (secondary N) is 1. The van der Waals surface area contributed by atoms with Crippen molar-refractivity contribution in [2.24, 2.45) is 4.99 Å². The van der Waals surface area contributed by atoms with Crippen LogP contribution in [0.25, 0.3) is 0 Å². The van der Waals surface area contributed by atoms with Gasteiger partial charge in [-0.2, -0.15) is 0 Å². The lowest BCUT2D eigenvalue weighted by molar-refractivity contribution is 0.417. The zero-order valence-corrected chi connectivity index (χ0v) is 10.4. The Morgan fingerprint density at radius 2 is 2.25 bits per heavy atom. The Labute approximate surface area is 100 Å². The zero-order chi connectivity index (χ0) is 11.4. The van der Waals surface area contributed by atoms with E-state index in [9.17, 15) is 0 Å². The Kier molecular flexibility index (Phi) is 3.72. The first-order valence-corrected chi connectivity index (χ1v) is 6.39. The van der Waals surface area contributed by atoms with Gasteiger partial charge in [0.2, 0.25) is 0 Å². The van der Waals surface area contributed by atoms with Crippen molar-refractivity contribution < 1.29 is 4.74 Å². The summed E-state index contributed by atoms with van der Waals surface area (Å²) in [6.45, 7) is 2.14. The third-order valence-electron chi connectivity index (χ3n) is 2.46. The molecule has 2 rings (SSSR count). The van der Waals surface area contributed by atoms with E-state index < -0.39 is 0 Å². The van der Waals surface area contributed by atoms with Gasteiger partial charge in [-0.3, -0.25) is 4.99 Å². The lowest BCUT2D eigenvalue weighted by Gasteiger charge is -2.18. The number of amidine groups is 1. The van der Waals surface area contributed by atoms with Gasteiger partial charge in [0.25, 0.3) is 0 Å². The third kappa shape index (κ3) is 2.70. The van der Waals surface area contributed by atoms with E-state index in [-0.39, 0.29) is 0 Å². The molecule has 0 amide bonds. The summed E-state index contributed by atoms with van der Waals surface area (Å²) < 4.78 is 5.29. The Balaban J connectivity index is 2.14. The minimum Gasteiger partial charge on any atom is -0.495 e. The molecule has 3 nitrogen and oxygen atoms in total. The first-order chi connectivity index (χ1) is 7.79. The summed E-state index contributed by atoms with van der Waals surface area (Å²) in [5.41, 5.74) is 0.977. The first kappa shape index (κ1) is 11.3. The highest BCUT2D eigenvalue weighted by atomic mass is 32.2. The number of para-hydroxylation sites is 2. The van der Waals surface area contributed by atoms with E-state index in [2.05, 4.69) is 17.2 Å². The summed E-state index contributed by atoms with van der Waals surface area (Å²) in [4.78, 5) is 4.57. The van der Waals surface area contributed by atoms with Gasteiger partial charge in [0, 0.05) is 5.75 Å². The minimum atomic E-state index is 0.415. The number of anilines is 1. The predicted molar refractivity (Wildman–Crippen MR) is 70.6 cm³/mol. The normalized spacial score (nSPS) is 20.1. The maximum Gasteiger partial charge on any atom is 0.161 e. The minimum absolute atomic E-state index is 0.415. The number of benzene rings is 1. The van der Waals surface area contributed by atoms with Gasteiger partial charge in [0.05, 0.1) is 18.8 Å². The van der Waals surface area contributed by atoms with E-state index >= 15 is 0 Å². The van der Waals surface area contributed by atoms with Crippen LogP contribution in [0.3, 0.4) is 0 Å². The van der Waals surface area contributed by atoms with Crippen LogP contribution in [0.2, 0.25) is 0 Å². The average Bonchev–Trinajstić information content (AvgIpc) is 2.30. The molecule has 4 heteroatoms. The number of thioether (sulfide) groups is 1. The molecule has 0 aliphatic carbocycles. The summed E-state index contributed by atoms with van der Waals surface area (Å²) >= 11 is 1.76. The van der Waals surface area contributed by atoms with Crippen molar-refractivity contribution in [3.63, 3.8) is 0 Å². The largest absolute Gasteiger partial charge is 0.495 e. The highest BCUT2D eigenvalue weighted by Crippen LogP contribution is 2.26. The van der Waals surface area contributed by atoms with Gasteiger partial charge in [-0.1, -0.05) is 23.9 Å². The number of methoxy groups -OCH3 is 1. The summed E-state index contributed by atoms with van der Waals surface area (Å²) in [7, 11) is 1.68. The molecule has 0 radical (unpaired) electrons. The lowest BCUT2D eigenvalue weighted by atomic mass is 10.3. The Hall–Kier alpha value is -1.16. The zero-order valence-electron chi connectivity index (χ0n) is 9.56. The molecule has 1 unspecified atom stereocenters. The monoisotopic (exact) mass is 236 g/mol.